The number of halogens is 2. The first-order chi connectivity index (χ1) is 11.7. The van der Waals surface area contributed by atoms with Gasteiger partial charge >= 0.3 is 0 Å². The molecule has 0 heterocycles. The van der Waals surface area contributed by atoms with Gasteiger partial charge in [-0.25, -0.2) is 12.7 Å². The van der Waals surface area contributed by atoms with Crippen molar-refractivity contribution in [2.24, 2.45) is 0 Å². The molecule has 0 radical (unpaired) electrons. The van der Waals surface area contributed by atoms with E-state index in [0.29, 0.717) is 21.5 Å². The molecule has 6 nitrogen and oxygen atoms in total. The molecule has 0 aliphatic heterocycles. The van der Waals surface area contributed by atoms with Crippen molar-refractivity contribution >= 4 is 44.8 Å². The topological polar surface area (TPSA) is 75.7 Å². The molecular weight excluding hydrogens is 387 g/mol. The van der Waals surface area contributed by atoms with E-state index in [1.54, 1.807) is 18.2 Å². The van der Waals surface area contributed by atoms with Crippen molar-refractivity contribution in [2.45, 2.75) is 4.90 Å². The smallest absolute Gasteiger partial charge is 0.262 e. The number of benzene rings is 2. The molecule has 2 aromatic rings. The van der Waals surface area contributed by atoms with Crippen LogP contribution in [0.1, 0.15) is 0 Å². The number of hydrogen-bond acceptors (Lipinski definition) is 4. The fourth-order valence-electron chi connectivity index (χ4n) is 1.90. The molecule has 0 saturated carbocycles. The number of carbonyl (C=O) groups excluding carboxylic acids is 1. The van der Waals surface area contributed by atoms with E-state index in [2.05, 4.69) is 5.32 Å². The lowest BCUT2D eigenvalue weighted by Crippen LogP contribution is -2.23. The minimum atomic E-state index is -3.58. The molecule has 0 aliphatic rings. The summed E-state index contributed by atoms with van der Waals surface area (Å²) in [6, 6.07) is 10.6. The lowest BCUT2D eigenvalue weighted by molar-refractivity contribution is -0.118. The molecule has 2 rings (SSSR count). The van der Waals surface area contributed by atoms with Gasteiger partial charge in [0, 0.05) is 29.8 Å². The maximum atomic E-state index is 12.1. The first-order valence-corrected chi connectivity index (χ1v) is 9.29. The summed E-state index contributed by atoms with van der Waals surface area (Å²) in [5, 5.41) is 3.37. The van der Waals surface area contributed by atoms with E-state index in [1.165, 1.54) is 38.4 Å². The second kappa shape index (κ2) is 8.05. The van der Waals surface area contributed by atoms with Gasteiger partial charge in [0.05, 0.1) is 4.90 Å². The second-order valence-corrected chi connectivity index (χ2v) is 8.28. The molecule has 0 bridgehead atoms. The second-order valence-electron chi connectivity index (χ2n) is 5.26. The van der Waals surface area contributed by atoms with Crippen LogP contribution >= 0.6 is 23.2 Å². The lowest BCUT2D eigenvalue weighted by Gasteiger charge is -2.13. The van der Waals surface area contributed by atoms with Crippen molar-refractivity contribution in [3.63, 3.8) is 0 Å². The maximum absolute atomic E-state index is 12.1. The first-order valence-electron chi connectivity index (χ1n) is 7.10. The molecule has 9 heteroatoms. The van der Waals surface area contributed by atoms with E-state index >= 15 is 0 Å². The molecule has 0 atom stereocenters. The molecule has 134 valence electrons. The first kappa shape index (κ1) is 19.5. The number of carbonyl (C=O) groups is 1. The molecule has 0 saturated heterocycles. The van der Waals surface area contributed by atoms with Crippen molar-refractivity contribution in [1.82, 2.24) is 4.31 Å². The average Bonchev–Trinajstić information content (AvgIpc) is 2.52. The minimum Gasteiger partial charge on any atom is -0.484 e. The van der Waals surface area contributed by atoms with E-state index in [4.69, 9.17) is 27.9 Å². The molecule has 0 fully saturated rings. The number of ether oxygens (including phenoxy) is 1. The number of nitrogens with zero attached hydrogens (tertiary/aromatic N) is 1. The quantitative estimate of drug-likeness (QED) is 0.804. The largest absolute Gasteiger partial charge is 0.484 e. The Hall–Kier alpha value is -1.80. The number of anilines is 1. The van der Waals surface area contributed by atoms with Crippen LogP contribution in [0.2, 0.25) is 10.0 Å². The number of hydrogen-bond donors (Lipinski definition) is 1. The van der Waals surface area contributed by atoms with Crippen molar-refractivity contribution in [3.8, 4) is 5.75 Å². The summed E-state index contributed by atoms with van der Waals surface area (Å²) >= 11 is 11.7. The standard InChI is InChI=1S/C16H16Cl2N2O4S/c1-20(2)25(22,23)15-5-3-4-13(9-15)19-16(21)10-24-14-7-11(17)6-12(18)8-14/h3-9H,10H2,1-2H3,(H,19,21). The zero-order chi connectivity index (χ0) is 18.6. The van der Waals surface area contributed by atoms with Crippen LogP contribution in [-0.4, -0.2) is 39.3 Å². The number of rotatable bonds is 6. The molecule has 0 unspecified atom stereocenters. The van der Waals surface area contributed by atoms with E-state index in [1.807, 2.05) is 0 Å². The third-order valence-corrected chi connectivity index (χ3v) is 5.35. The van der Waals surface area contributed by atoms with E-state index in [9.17, 15) is 13.2 Å². The van der Waals surface area contributed by atoms with E-state index < -0.39 is 15.9 Å². The lowest BCUT2D eigenvalue weighted by atomic mass is 10.3. The van der Waals surface area contributed by atoms with Crippen molar-refractivity contribution in [1.29, 1.82) is 0 Å². The average molecular weight is 403 g/mol. The third-order valence-electron chi connectivity index (χ3n) is 3.10. The van der Waals surface area contributed by atoms with E-state index in [-0.39, 0.29) is 11.5 Å². The molecule has 0 spiro atoms. The molecule has 1 amide bonds. The summed E-state index contributed by atoms with van der Waals surface area (Å²) in [5.74, 6) is -0.0907. The van der Waals surface area contributed by atoms with Gasteiger partial charge in [-0.1, -0.05) is 29.3 Å². The molecule has 25 heavy (non-hydrogen) atoms. The van der Waals surface area contributed by atoms with Crippen LogP contribution in [0.3, 0.4) is 0 Å². The normalized spacial score (nSPS) is 11.4. The molecule has 1 N–H and O–H groups in total. The van der Waals surface area contributed by atoms with Gasteiger partial charge < -0.3 is 10.1 Å². The summed E-state index contributed by atoms with van der Waals surface area (Å²) < 4.78 is 30.6. The van der Waals surface area contributed by atoms with Gasteiger partial charge in [0.1, 0.15) is 5.75 Å². The van der Waals surface area contributed by atoms with Crippen LogP contribution in [0.4, 0.5) is 5.69 Å². The van der Waals surface area contributed by atoms with Crippen LogP contribution in [0, 0.1) is 0 Å². The monoisotopic (exact) mass is 402 g/mol. The summed E-state index contributed by atoms with van der Waals surface area (Å²) in [6.07, 6.45) is 0. The zero-order valence-electron chi connectivity index (χ0n) is 13.5. The highest BCUT2D eigenvalue weighted by Crippen LogP contribution is 2.24. The van der Waals surface area contributed by atoms with Crippen LogP contribution < -0.4 is 10.1 Å². The van der Waals surface area contributed by atoms with Gasteiger partial charge in [-0.3, -0.25) is 4.79 Å². The summed E-state index contributed by atoms with van der Waals surface area (Å²) in [5.41, 5.74) is 0.348. The fourth-order valence-corrected chi connectivity index (χ4v) is 3.36. The van der Waals surface area contributed by atoms with Gasteiger partial charge in [-0.2, -0.15) is 0 Å². The van der Waals surface area contributed by atoms with Crippen molar-refractivity contribution < 1.29 is 17.9 Å². The maximum Gasteiger partial charge on any atom is 0.262 e. The molecule has 0 aliphatic carbocycles. The van der Waals surface area contributed by atoms with Gasteiger partial charge in [0.15, 0.2) is 6.61 Å². The highest BCUT2D eigenvalue weighted by atomic mass is 35.5. The van der Waals surface area contributed by atoms with E-state index in [0.717, 1.165) is 4.31 Å². The number of nitrogens with one attached hydrogen (secondary N) is 1. The molecule has 0 aromatic heterocycles. The fraction of sp³-hybridized carbons (Fsp3) is 0.188. The van der Waals surface area contributed by atoms with Crippen LogP contribution in [0.15, 0.2) is 47.4 Å². The van der Waals surface area contributed by atoms with Gasteiger partial charge in [-0.15, -0.1) is 0 Å². The minimum absolute atomic E-state index is 0.0813. The van der Waals surface area contributed by atoms with Crippen LogP contribution in [-0.2, 0) is 14.8 Å². The van der Waals surface area contributed by atoms with Crippen LogP contribution in [0.25, 0.3) is 0 Å². The predicted molar refractivity (Wildman–Crippen MR) is 97.9 cm³/mol. The summed E-state index contributed by atoms with van der Waals surface area (Å²) in [7, 11) is -0.708. The number of sulfonamides is 1. The SMILES string of the molecule is CN(C)S(=O)(=O)c1cccc(NC(=O)COc2cc(Cl)cc(Cl)c2)c1. The van der Waals surface area contributed by atoms with Gasteiger partial charge in [0.25, 0.3) is 5.91 Å². The third kappa shape index (κ3) is 5.34. The Bertz CT molecular complexity index is 865. The van der Waals surface area contributed by atoms with Gasteiger partial charge in [-0.05, 0) is 36.4 Å². The Kier molecular flexibility index (Phi) is 6.29. The highest BCUT2D eigenvalue weighted by Gasteiger charge is 2.17. The van der Waals surface area contributed by atoms with Crippen molar-refractivity contribution in [2.75, 3.05) is 26.0 Å². The Labute approximate surface area is 156 Å². The summed E-state index contributed by atoms with van der Waals surface area (Å²) in [6.45, 7) is -0.276. The number of amides is 1. The molecular formula is C16H16Cl2N2O4S. The Balaban J connectivity index is 2.03. The van der Waals surface area contributed by atoms with Gasteiger partial charge in [0.2, 0.25) is 10.0 Å². The highest BCUT2D eigenvalue weighted by molar-refractivity contribution is 7.89. The van der Waals surface area contributed by atoms with Crippen LogP contribution in [0.5, 0.6) is 5.75 Å². The summed E-state index contributed by atoms with van der Waals surface area (Å²) in [4.78, 5) is 12.1. The Morgan fingerprint density at radius 3 is 2.36 bits per heavy atom. The van der Waals surface area contributed by atoms with Crippen molar-refractivity contribution in [3.05, 3.63) is 52.5 Å². The molecule has 2 aromatic carbocycles. The Morgan fingerprint density at radius 1 is 1.12 bits per heavy atom. The zero-order valence-corrected chi connectivity index (χ0v) is 15.8. The predicted octanol–water partition coefficient (Wildman–Crippen LogP) is 3.26. The Morgan fingerprint density at radius 2 is 1.76 bits per heavy atom.